The fourth-order valence-corrected chi connectivity index (χ4v) is 0.696. The summed E-state index contributed by atoms with van der Waals surface area (Å²) in [4.78, 5) is 0. The van der Waals surface area contributed by atoms with Crippen LogP contribution in [-0.4, -0.2) is 25.9 Å². The van der Waals surface area contributed by atoms with E-state index in [-0.39, 0.29) is 0 Å². The molecule has 0 aromatic carbocycles. The van der Waals surface area contributed by atoms with Crippen molar-refractivity contribution in [2.75, 3.05) is 19.8 Å². The maximum absolute atomic E-state index is 5.25. The van der Waals surface area contributed by atoms with Gasteiger partial charge in [-0.2, -0.15) is 0 Å². The molecule has 0 aromatic rings. The van der Waals surface area contributed by atoms with Crippen LogP contribution in [0.1, 0.15) is 19.8 Å². The van der Waals surface area contributed by atoms with Crippen molar-refractivity contribution in [1.82, 2.24) is 0 Å². The summed E-state index contributed by atoms with van der Waals surface area (Å²) in [6.07, 6.45) is 2.73. The first-order valence-corrected chi connectivity index (χ1v) is 3.63. The summed E-state index contributed by atoms with van der Waals surface area (Å²) in [6.45, 7) is 4.84. The average molecular weight is 130 g/mol. The molecular formula is C7H14O2. The predicted octanol–water partition coefficient (Wildman–Crippen LogP) is 1.20. The summed E-state index contributed by atoms with van der Waals surface area (Å²) < 4.78 is 10.3. The number of rotatable bonds is 5. The van der Waals surface area contributed by atoms with E-state index in [1.165, 1.54) is 0 Å². The fraction of sp³-hybridized carbons (Fsp3) is 1.00. The summed E-state index contributed by atoms with van der Waals surface area (Å²) >= 11 is 0. The topological polar surface area (TPSA) is 21.8 Å². The first-order chi connectivity index (χ1) is 4.43. The molecule has 1 saturated heterocycles. The number of hydrogen-bond acceptors (Lipinski definition) is 2. The molecule has 2 nitrogen and oxygen atoms in total. The molecule has 1 atom stereocenters. The van der Waals surface area contributed by atoms with Crippen LogP contribution in [0.3, 0.4) is 0 Å². The Morgan fingerprint density at radius 2 is 2.33 bits per heavy atom. The lowest BCUT2D eigenvalue weighted by Gasteiger charge is -1.97. The molecule has 1 fully saturated rings. The maximum atomic E-state index is 5.25. The Hall–Kier alpha value is -0.0800. The van der Waals surface area contributed by atoms with Crippen LogP contribution >= 0.6 is 0 Å². The van der Waals surface area contributed by atoms with E-state index in [0.717, 1.165) is 32.7 Å². The van der Waals surface area contributed by atoms with Gasteiger partial charge in [0.15, 0.2) is 0 Å². The Morgan fingerprint density at radius 1 is 1.56 bits per heavy atom. The molecule has 0 saturated carbocycles. The van der Waals surface area contributed by atoms with Crippen molar-refractivity contribution in [2.24, 2.45) is 0 Å². The van der Waals surface area contributed by atoms with Gasteiger partial charge in [-0.1, -0.05) is 6.92 Å². The second-order valence-electron chi connectivity index (χ2n) is 2.36. The van der Waals surface area contributed by atoms with Crippen LogP contribution in [0.2, 0.25) is 0 Å². The molecule has 0 bridgehead atoms. The number of ether oxygens (including phenoxy) is 2. The zero-order valence-electron chi connectivity index (χ0n) is 5.93. The van der Waals surface area contributed by atoms with Gasteiger partial charge in [0.05, 0.1) is 12.7 Å². The van der Waals surface area contributed by atoms with Crippen LogP contribution in [0.15, 0.2) is 0 Å². The van der Waals surface area contributed by atoms with Crippen molar-refractivity contribution in [3.63, 3.8) is 0 Å². The van der Waals surface area contributed by atoms with Crippen LogP contribution in [0, 0.1) is 0 Å². The van der Waals surface area contributed by atoms with E-state index < -0.39 is 0 Å². The van der Waals surface area contributed by atoms with Crippen LogP contribution in [0.25, 0.3) is 0 Å². The number of epoxide rings is 1. The van der Waals surface area contributed by atoms with Gasteiger partial charge >= 0.3 is 0 Å². The zero-order chi connectivity index (χ0) is 6.53. The normalized spacial score (nSPS) is 24.3. The molecule has 54 valence electrons. The van der Waals surface area contributed by atoms with E-state index in [0.29, 0.717) is 6.10 Å². The van der Waals surface area contributed by atoms with Crippen molar-refractivity contribution < 1.29 is 9.47 Å². The van der Waals surface area contributed by atoms with E-state index in [1.54, 1.807) is 0 Å². The largest absolute Gasteiger partial charge is 0.381 e. The van der Waals surface area contributed by atoms with Gasteiger partial charge in [0.1, 0.15) is 0 Å². The minimum Gasteiger partial charge on any atom is -0.381 e. The summed E-state index contributed by atoms with van der Waals surface area (Å²) in [5.74, 6) is 0. The molecular weight excluding hydrogens is 116 g/mol. The van der Waals surface area contributed by atoms with E-state index in [9.17, 15) is 0 Å². The Morgan fingerprint density at radius 3 is 2.89 bits per heavy atom. The van der Waals surface area contributed by atoms with Gasteiger partial charge in [-0.15, -0.1) is 0 Å². The highest BCUT2D eigenvalue weighted by atomic mass is 16.6. The van der Waals surface area contributed by atoms with Gasteiger partial charge in [-0.3, -0.25) is 0 Å². The molecule has 1 rings (SSSR count). The molecule has 0 aromatic heterocycles. The van der Waals surface area contributed by atoms with Gasteiger partial charge in [-0.05, 0) is 12.8 Å². The third-order valence-electron chi connectivity index (χ3n) is 1.33. The van der Waals surface area contributed by atoms with Gasteiger partial charge < -0.3 is 9.47 Å². The SMILES string of the molecule is CCCOCCC1CO1. The standard InChI is InChI=1S/C7H14O2/c1-2-4-8-5-3-7-6-9-7/h7H,2-6H2,1H3. The molecule has 1 aliphatic heterocycles. The molecule has 0 radical (unpaired) electrons. The lowest BCUT2D eigenvalue weighted by Crippen LogP contribution is -1.98. The summed E-state index contributed by atoms with van der Waals surface area (Å²) in [7, 11) is 0. The third-order valence-corrected chi connectivity index (χ3v) is 1.33. The Bertz CT molecular complexity index is 69.3. The second kappa shape index (κ2) is 3.85. The summed E-state index contributed by atoms with van der Waals surface area (Å²) in [6, 6.07) is 0. The molecule has 1 heterocycles. The van der Waals surface area contributed by atoms with E-state index in [4.69, 9.17) is 9.47 Å². The van der Waals surface area contributed by atoms with Crippen LogP contribution in [0.4, 0.5) is 0 Å². The Kier molecular flexibility index (Phi) is 3.01. The van der Waals surface area contributed by atoms with E-state index >= 15 is 0 Å². The van der Waals surface area contributed by atoms with Gasteiger partial charge in [-0.25, -0.2) is 0 Å². The highest BCUT2D eigenvalue weighted by Gasteiger charge is 2.21. The molecule has 0 N–H and O–H groups in total. The molecule has 9 heavy (non-hydrogen) atoms. The minimum atomic E-state index is 0.529. The smallest absolute Gasteiger partial charge is 0.0831 e. The predicted molar refractivity (Wildman–Crippen MR) is 35.5 cm³/mol. The Balaban J connectivity index is 1.71. The van der Waals surface area contributed by atoms with Gasteiger partial charge in [0.2, 0.25) is 0 Å². The lowest BCUT2D eigenvalue weighted by molar-refractivity contribution is 0.126. The molecule has 1 aliphatic rings. The molecule has 0 aliphatic carbocycles. The lowest BCUT2D eigenvalue weighted by atomic mass is 10.3. The summed E-state index contributed by atoms with van der Waals surface area (Å²) in [5.41, 5.74) is 0. The van der Waals surface area contributed by atoms with Crippen LogP contribution in [0.5, 0.6) is 0 Å². The first-order valence-electron chi connectivity index (χ1n) is 3.63. The van der Waals surface area contributed by atoms with E-state index in [2.05, 4.69) is 6.92 Å². The quantitative estimate of drug-likeness (QED) is 0.412. The number of hydrogen-bond donors (Lipinski definition) is 0. The third kappa shape index (κ3) is 3.49. The molecule has 2 heteroatoms. The van der Waals surface area contributed by atoms with Crippen LogP contribution in [-0.2, 0) is 9.47 Å². The minimum absolute atomic E-state index is 0.529. The fourth-order valence-electron chi connectivity index (χ4n) is 0.696. The molecule has 1 unspecified atom stereocenters. The second-order valence-corrected chi connectivity index (χ2v) is 2.36. The van der Waals surface area contributed by atoms with Gasteiger partial charge in [0.25, 0.3) is 0 Å². The van der Waals surface area contributed by atoms with Crippen molar-refractivity contribution in [3.8, 4) is 0 Å². The van der Waals surface area contributed by atoms with Crippen molar-refractivity contribution in [1.29, 1.82) is 0 Å². The maximum Gasteiger partial charge on any atom is 0.0831 e. The summed E-state index contributed by atoms with van der Waals surface area (Å²) in [5, 5.41) is 0. The first kappa shape index (κ1) is 7.03. The Labute approximate surface area is 56.2 Å². The zero-order valence-corrected chi connectivity index (χ0v) is 5.93. The van der Waals surface area contributed by atoms with Crippen molar-refractivity contribution >= 4 is 0 Å². The van der Waals surface area contributed by atoms with Crippen molar-refractivity contribution in [3.05, 3.63) is 0 Å². The van der Waals surface area contributed by atoms with Gasteiger partial charge in [0, 0.05) is 13.2 Å². The highest BCUT2D eigenvalue weighted by Crippen LogP contribution is 2.12. The molecule has 0 spiro atoms. The highest BCUT2D eigenvalue weighted by molar-refractivity contribution is 4.67. The molecule has 0 amide bonds. The average Bonchev–Trinajstić information content (AvgIpc) is 2.63. The van der Waals surface area contributed by atoms with E-state index in [1.807, 2.05) is 0 Å². The van der Waals surface area contributed by atoms with Crippen LogP contribution < -0.4 is 0 Å². The monoisotopic (exact) mass is 130 g/mol. The van der Waals surface area contributed by atoms with Crippen molar-refractivity contribution in [2.45, 2.75) is 25.9 Å².